The Balaban J connectivity index is 2.28. The van der Waals surface area contributed by atoms with Crippen LogP contribution in [0.2, 0.25) is 0 Å². The smallest absolute Gasteiger partial charge is 0.387 e. The third kappa shape index (κ3) is 3.96. The number of rotatable bonds is 6. The predicted molar refractivity (Wildman–Crippen MR) is 100 cm³/mol. The summed E-state index contributed by atoms with van der Waals surface area (Å²) in [5, 5.41) is 2.80. The van der Waals surface area contributed by atoms with Crippen molar-refractivity contribution in [3.63, 3.8) is 0 Å². The molecule has 0 unspecified atom stereocenters. The van der Waals surface area contributed by atoms with Gasteiger partial charge in [0.05, 0.1) is 17.1 Å². The Morgan fingerprint density at radius 1 is 1.28 bits per heavy atom. The summed E-state index contributed by atoms with van der Waals surface area (Å²) in [7, 11) is 0. The van der Waals surface area contributed by atoms with Crippen molar-refractivity contribution in [2.75, 3.05) is 11.9 Å². The van der Waals surface area contributed by atoms with Crippen LogP contribution in [0, 0.1) is 0 Å². The first kappa shape index (κ1) is 20.1. The van der Waals surface area contributed by atoms with Gasteiger partial charge in [-0.1, -0.05) is 30.9 Å². The third-order valence-electron chi connectivity index (χ3n) is 4.27. The molecule has 0 saturated carbocycles. The molecule has 3 N–H and O–H groups in total. The normalized spacial score (nSPS) is 15.5. The number of hydrogen-bond donors (Lipinski definition) is 3. The number of carbonyl (C=O) groups is 1. The third-order valence-corrected chi connectivity index (χ3v) is 4.27. The summed E-state index contributed by atoms with van der Waals surface area (Å²) in [5.41, 5.74) is -1.15. The van der Waals surface area contributed by atoms with E-state index >= 15 is 0 Å². The molecule has 8 nitrogen and oxygen atoms in total. The number of H-pyrrole nitrogens is 2. The van der Waals surface area contributed by atoms with Gasteiger partial charge in [-0.3, -0.25) is 14.8 Å². The minimum Gasteiger partial charge on any atom is -0.458 e. The van der Waals surface area contributed by atoms with Crippen LogP contribution in [0.3, 0.4) is 0 Å². The van der Waals surface area contributed by atoms with Gasteiger partial charge in [-0.15, -0.1) is 0 Å². The number of para-hydroxylation sites is 1. The molecule has 0 bridgehead atoms. The molecule has 1 aliphatic rings. The fourth-order valence-electron chi connectivity index (χ4n) is 3.20. The first-order chi connectivity index (χ1) is 13.8. The lowest BCUT2D eigenvalue weighted by atomic mass is 9.82. The van der Waals surface area contributed by atoms with Crippen molar-refractivity contribution >= 4 is 11.8 Å². The SMILES string of the molecule is C=CCOC(=O)C1=C(C)Nc2[nH]c(=O)[nH]c(=O)c2[C@@H]1c1ccccc1OC(F)F. The Kier molecular flexibility index (Phi) is 5.62. The zero-order valence-electron chi connectivity index (χ0n) is 15.3. The lowest BCUT2D eigenvalue weighted by Crippen LogP contribution is -2.35. The molecule has 10 heteroatoms. The second-order valence-corrected chi connectivity index (χ2v) is 6.10. The number of alkyl halides is 2. The molecule has 1 atom stereocenters. The molecule has 0 aliphatic carbocycles. The second-order valence-electron chi connectivity index (χ2n) is 6.10. The molecule has 0 saturated heterocycles. The summed E-state index contributed by atoms with van der Waals surface area (Å²) in [6, 6.07) is 5.78. The van der Waals surface area contributed by atoms with E-state index in [9.17, 15) is 23.2 Å². The fourth-order valence-corrected chi connectivity index (χ4v) is 3.20. The maximum atomic E-state index is 12.9. The Labute approximate surface area is 162 Å². The Morgan fingerprint density at radius 3 is 2.69 bits per heavy atom. The van der Waals surface area contributed by atoms with Crippen molar-refractivity contribution in [2.45, 2.75) is 19.5 Å². The van der Waals surface area contributed by atoms with Gasteiger partial charge in [0.15, 0.2) is 0 Å². The van der Waals surface area contributed by atoms with E-state index in [2.05, 4.69) is 26.6 Å². The highest BCUT2D eigenvalue weighted by atomic mass is 19.3. The van der Waals surface area contributed by atoms with Crippen LogP contribution < -0.4 is 21.3 Å². The number of halogens is 2. The average Bonchev–Trinajstić information content (AvgIpc) is 2.64. The Morgan fingerprint density at radius 2 is 2.00 bits per heavy atom. The zero-order chi connectivity index (χ0) is 21.1. The van der Waals surface area contributed by atoms with E-state index in [-0.39, 0.29) is 40.6 Å². The standard InChI is InChI=1S/C19H17F2N3O5/c1-3-8-28-17(26)12-9(2)22-15-14(16(25)24-19(27)23-15)13(12)10-6-4-5-7-11(10)29-18(20)21/h3-7,13,18H,1,8H2,2H3,(H3,22,23,24,25,27)/t13-/m1/s1. The number of benzene rings is 1. The van der Waals surface area contributed by atoms with Gasteiger partial charge in [-0.05, 0) is 13.0 Å². The van der Waals surface area contributed by atoms with Crippen LogP contribution in [-0.2, 0) is 9.53 Å². The van der Waals surface area contributed by atoms with Crippen molar-refractivity contribution in [3.8, 4) is 5.75 Å². The molecular formula is C19H17F2N3O5. The van der Waals surface area contributed by atoms with Crippen LogP contribution in [0.25, 0.3) is 0 Å². The van der Waals surface area contributed by atoms with E-state index in [1.54, 1.807) is 6.07 Å². The molecule has 2 heterocycles. The minimum atomic E-state index is -3.12. The number of ether oxygens (including phenoxy) is 2. The van der Waals surface area contributed by atoms with E-state index in [4.69, 9.17) is 4.74 Å². The minimum absolute atomic E-state index is 0.0159. The van der Waals surface area contributed by atoms with Gasteiger partial charge in [0.25, 0.3) is 5.56 Å². The van der Waals surface area contributed by atoms with Crippen LogP contribution in [0.1, 0.15) is 24.0 Å². The van der Waals surface area contributed by atoms with Crippen molar-refractivity contribution in [1.29, 1.82) is 0 Å². The van der Waals surface area contributed by atoms with Gasteiger partial charge >= 0.3 is 18.3 Å². The van der Waals surface area contributed by atoms with E-state index < -0.39 is 29.7 Å². The molecule has 0 amide bonds. The first-order valence-corrected chi connectivity index (χ1v) is 8.49. The summed E-state index contributed by atoms with van der Waals surface area (Å²) in [4.78, 5) is 41.6. The van der Waals surface area contributed by atoms with Crippen molar-refractivity contribution < 1.29 is 23.0 Å². The van der Waals surface area contributed by atoms with E-state index in [1.807, 2.05) is 0 Å². The van der Waals surface area contributed by atoms with Crippen molar-refractivity contribution in [1.82, 2.24) is 9.97 Å². The van der Waals surface area contributed by atoms with Crippen LogP contribution in [-0.4, -0.2) is 29.2 Å². The number of hydrogen-bond acceptors (Lipinski definition) is 6. The molecule has 1 aromatic heterocycles. The van der Waals surface area contributed by atoms with E-state index in [0.29, 0.717) is 0 Å². The van der Waals surface area contributed by atoms with Gasteiger partial charge in [-0.25, -0.2) is 9.59 Å². The van der Waals surface area contributed by atoms with Gasteiger partial charge in [0.1, 0.15) is 18.2 Å². The topological polar surface area (TPSA) is 113 Å². The molecule has 0 fully saturated rings. The maximum Gasteiger partial charge on any atom is 0.387 e. The average molecular weight is 405 g/mol. The number of nitrogens with one attached hydrogen (secondary N) is 3. The summed E-state index contributed by atoms with van der Waals surface area (Å²) < 4.78 is 35.6. The molecule has 3 rings (SSSR count). The van der Waals surface area contributed by atoms with Crippen LogP contribution >= 0.6 is 0 Å². The Bertz CT molecular complexity index is 1100. The zero-order valence-corrected chi connectivity index (χ0v) is 15.3. The van der Waals surface area contributed by atoms with Crippen molar-refractivity contribution in [2.24, 2.45) is 0 Å². The summed E-state index contributed by atoms with van der Waals surface area (Å²) >= 11 is 0. The van der Waals surface area contributed by atoms with Crippen LogP contribution in [0.5, 0.6) is 5.75 Å². The largest absolute Gasteiger partial charge is 0.458 e. The number of esters is 1. The molecule has 29 heavy (non-hydrogen) atoms. The lowest BCUT2D eigenvalue weighted by molar-refractivity contribution is -0.138. The van der Waals surface area contributed by atoms with Gasteiger partial charge in [0.2, 0.25) is 0 Å². The van der Waals surface area contributed by atoms with Crippen LogP contribution in [0.4, 0.5) is 14.6 Å². The van der Waals surface area contributed by atoms with E-state index in [1.165, 1.54) is 31.2 Å². The molecule has 0 spiro atoms. The maximum absolute atomic E-state index is 12.9. The molecular weight excluding hydrogens is 388 g/mol. The number of aromatic amines is 2. The number of carbonyl (C=O) groups excluding carboxylic acids is 1. The molecule has 2 aromatic rings. The lowest BCUT2D eigenvalue weighted by Gasteiger charge is -2.29. The highest BCUT2D eigenvalue weighted by Gasteiger charge is 2.37. The number of fused-ring (bicyclic) bond motifs is 1. The highest BCUT2D eigenvalue weighted by molar-refractivity contribution is 5.94. The summed E-state index contributed by atoms with van der Waals surface area (Å²) in [6.45, 7) is 1.80. The molecule has 0 radical (unpaired) electrons. The quantitative estimate of drug-likeness (QED) is 0.502. The Hall–Kier alpha value is -3.69. The molecule has 1 aromatic carbocycles. The van der Waals surface area contributed by atoms with Gasteiger partial charge in [-0.2, -0.15) is 8.78 Å². The molecule has 152 valence electrons. The van der Waals surface area contributed by atoms with Crippen molar-refractivity contribution in [3.05, 3.63) is 80.2 Å². The van der Waals surface area contributed by atoms with E-state index in [0.717, 1.165) is 0 Å². The van der Waals surface area contributed by atoms with Crippen LogP contribution in [0.15, 0.2) is 57.8 Å². The number of allylic oxidation sites excluding steroid dienone is 1. The number of aromatic nitrogens is 2. The first-order valence-electron chi connectivity index (χ1n) is 8.49. The second kappa shape index (κ2) is 8.13. The summed E-state index contributed by atoms with van der Waals surface area (Å²) in [6.07, 6.45) is 1.37. The molecule has 1 aliphatic heterocycles. The summed E-state index contributed by atoms with van der Waals surface area (Å²) in [5.74, 6) is -2.07. The monoisotopic (exact) mass is 405 g/mol. The fraction of sp³-hybridized carbons (Fsp3) is 0.211. The predicted octanol–water partition coefficient (Wildman–Crippen LogP) is 2.23. The number of anilines is 1. The van der Waals surface area contributed by atoms with Gasteiger partial charge < -0.3 is 14.8 Å². The highest BCUT2D eigenvalue weighted by Crippen LogP contribution is 2.42. The van der Waals surface area contributed by atoms with Gasteiger partial charge in [0, 0.05) is 11.3 Å².